The minimum atomic E-state index is -1.66. The fourth-order valence-corrected chi connectivity index (χ4v) is 8.92. The number of methoxy groups -OCH3 is 1. The first-order valence-electron chi connectivity index (χ1n) is 25.2. The molecule has 2 aliphatic rings. The first-order valence-corrected chi connectivity index (χ1v) is 25.2. The Morgan fingerprint density at radius 3 is 1.10 bits per heavy atom. The molecule has 0 N–H and O–H groups in total. The molecule has 396 valence electrons. The Labute approximate surface area is 446 Å². The summed E-state index contributed by atoms with van der Waals surface area (Å²) in [4.78, 5) is 56.4. The van der Waals surface area contributed by atoms with Crippen LogP contribution in [0.15, 0.2) is 212 Å². The zero-order chi connectivity index (χ0) is 53.2. The van der Waals surface area contributed by atoms with Crippen LogP contribution in [0, 0.1) is 0 Å². The maximum Gasteiger partial charge on any atom is 0.338 e. The van der Waals surface area contributed by atoms with E-state index >= 15 is 0 Å². The van der Waals surface area contributed by atoms with Crippen molar-refractivity contribution in [3.63, 3.8) is 0 Å². The summed E-state index contributed by atoms with van der Waals surface area (Å²) in [5, 5.41) is 0. The topological polar surface area (TPSA) is 170 Å². The molecule has 2 saturated heterocycles. The molecule has 0 spiro atoms. The standard InChI is InChI=1S/C62H58O15/c1-67-61-55(70-39-44-27-13-4-14-28-44)53(69-38-43-25-11-3-12-26-43)51(68-37-42-23-9-2-10-24-42)49(73-61)41-72-62-56(77-60(66)48-35-21-8-22-36-48)54(76-59(65)47-33-19-7-20-34-47)52(75-58(64)46-31-17-6-18-32-46)50(74-62)40-71-57(63)45-29-15-5-16-30-45/h2-36,49-56,61-62H,37-41H2,1H3/t49-,50-,51+,52+,53+,54+,55-,56-,61-,62-/m1/s1. The van der Waals surface area contributed by atoms with Gasteiger partial charge < -0.3 is 52.1 Å². The number of hydrogen-bond donors (Lipinski definition) is 0. The quantitative estimate of drug-likeness (QED) is 0.0464. The molecular weight excluding hydrogens is 985 g/mol. The lowest BCUT2D eigenvalue weighted by Gasteiger charge is -2.47. The zero-order valence-corrected chi connectivity index (χ0v) is 42.1. The molecular formula is C62H58O15. The first kappa shape index (κ1) is 53.9. The summed E-state index contributed by atoms with van der Waals surface area (Å²) in [6.07, 6.45) is -12.7. The number of benzene rings is 7. The molecule has 0 radical (unpaired) electrons. The molecule has 0 saturated carbocycles. The lowest BCUT2D eigenvalue weighted by atomic mass is 9.96. The molecule has 2 fully saturated rings. The summed E-state index contributed by atoms with van der Waals surface area (Å²) in [5.74, 6) is -3.26. The number of carbonyl (C=O) groups excluding carboxylic acids is 4. The van der Waals surface area contributed by atoms with E-state index in [4.69, 9.17) is 52.1 Å². The Morgan fingerprint density at radius 1 is 0.338 bits per heavy atom. The van der Waals surface area contributed by atoms with E-state index < -0.39 is 91.9 Å². The lowest BCUT2D eigenvalue weighted by Crippen LogP contribution is -2.64. The highest BCUT2D eigenvalue weighted by Crippen LogP contribution is 2.35. The van der Waals surface area contributed by atoms with Crippen LogP contribution >= 0.6 is 0 Å². The van der Waals surface area contributed by atoms with Gasteiger partial charge >= 0.3 is 23.9 Å². The van der Waals surface area contributed by atoms with Gasteiger partial charge in [0.05, 0.1) is 48.7 Å². The molecule has 10 atom stereocenters. The van der Waals surface area contributed by atoms with Gasteiger partial charge in [-0.3, -0.25) is 0 Å². The fraction of sp³-hybridized carbons (Fsp3) is 0.258. The van der Waals surface area contributed by atoms with E-state index in [-0.39, 0.29) is 48.7 Å². The number of ether oxygens (including phenoxy) is 11. The molecule has 7 aromatic rings. The second kappa shape index (κ2) is 27.3. The molecule has 0 aromatic heterocycles. The fourth-order valence-electron chi connectivity index (χ4n) is 8.92. The molecule has 0 bridgehead atoms. The molecule has 2 heterocycles. The number of hydrogen-bond acceptors (Lipinski definition) is 15. The molecule has 0 unspecified atom stereocenters. The highest BCUT2D eigenvalue weighted by Gasteiger charge is 2.55. The van der Waals surface area contributed by atoms with Crippen LogP contribution in [-0.2, 0) is 71.9 Å². The maximum atomic E-state index is 14.3. The Kier molecular flexibility index (Phi) is 19.1. The first-order chi connectivity index (χ1) is 37.8. The minimum Gasteiger partial charge on any atom is -0.459 e. The second-order valence-corrected chi connectivity index (χ2v) is 18.1. The van der Waals surface area contributed by atoms with E-state index in [0.717, 1.165) is 16.7 Å². The van der Waals surface area contributed by atoms with Crippen molar-refractivity contribution in [2.24, 2.45) is 0 Å². The predicted molar refractivity (Wildman–Crippen MR) is 279 cm³/mol. The van der Waals surface area contributed by atoms with Gasteiger partial charge in [0.15, 0.2) is 30.9 Å². The molecule has 2 aliphatic heterocycles. The molecule has 0 aliphatic carbocycles. The number of esters is 4. The highest BCUT2D eigenvalue weighted by atomic mass is 16.8. The summed E-state index contributed by atoms with van der Waals surface area (Å²) in [6, 6.07) is 61.6. The molecule has 7 aromatic carbocycles. The van der Waals surface area contributed by atoms with Crippen LogP contribution in [0.1, 0.15) is 58.1 Å². The van der Waals surface area contributed by atoms with Crippen molar-refractivity contribution in [1.82, 2.24) is 0 Å². The van der Waals surface area contributed by atoms with Gasteiger partial charge in [0, 0.05) is 7.11 Å². The van der Waals surface area contributed by atoms with Gasteiger partial charge in [0.25, 0.3) is 0 Å². The minimum absolute atomic E-state index is 0.123. The van der Waals surface area contributed by atoms with Crippen LogP contribution in [0.4, 0.5) is 0 Å². The Morgan fingerprint density at radius 2 is 0.675 bits per heavy atom. The van der Waals surface area contributed by atoms with E-state index in [9.17, 15) is 19.2 Å². The largest absolute Gasteiger partial charge is 0.459 e. The van der Waals surface area contributed by atoms with Gasteiger partial charge in [-0.15, -0.1) is 0 Å². The Hall–Kier alpha value is -7.86. The van der Waals surface area contributed by atoms with Crippen molar-refractivity contribution >= 4 is 23.9 Å². The SMILES string of the molecule is CO[C@@H]1O[C@H](CO[C@@H]2O[C@H](COC(=O)c3ccccc3)[C@H](OC(=O)c3ccccc3)[C@H](OC(=O)c3ccccc3)[C@H]2OC(=O)c2ccccc2)[C@H](OCc2ccccc2)[C@H](OCc2ccccc2)[C@H]1OCc1ccccc1. The van der Waals surface area contributed by atoms with Gasteiger partial charge in [-0.1, -0.05) is 164 Å². The summed E-state index contributed by atoms with van der Waals surface area (Å²) in [5.41, 5.74) is 3.31. The lowest BCUT2D eigenvalue weighted by molar-refractivity contribution is -0.340. The predicted octanol–water partition coefficient (Wildman–Crippen LogP) is 9.39. The van der Waals surface area contributed by atoms with Crippen LogP contribution in [0.25, 0.3) is 0 Å². The molecule has 15 nitrogen and oxygen atoms in total. The molecule has 9 rings (SSSR count). The van der Waals surface area contributed by atoms with Crippen LogP contribution in [0.2, 0.25) is 0 Å². The summed E-state index contributed by atoms with van der Waals surface area (Å²) >= 11 is 0. The van der Waals surface area contributed by atoms with Gasteiger partial charge in [0.1, 0.15) is 37.1 Å². The van der Waals surface area contributed by atoms with Crippen LogP contribution in [0.3, 0.4) is 0 Å². The van der Waals surface area contributed by atoms with Gasteiger partial charge in [-0.05, 0) is 65.2 Å². The second-order valence-electron chi connectivity index (χ2n) is 18.1. The van der Waals surface area contributed by atoms with Crippen molar-refractivity contribution in [2.75, 3.05) is 20.3 Å². The zero-order valence-electron chi connectivity index (χ0n) is 42.1. The third-order valence-electron chi connectivity index (χ3n) is 12.8. The molecule has 15 heteroatoms. The average Bonchev–Trinajstić information content (AvgIpc) is 3.50. The van der Waals surface area contributed by atoms with E-state index in [2.05, 4.69) is 0 Å². The van der Waals surface area contributed by atoms with Crippen molar-refractivity contribution in [3.8, 4) is 0 Å². The van der Waals surface area contributed by atoms with Crippen molar-refractivity contribution < 1.29 is 71.3 Å². The van der Waals surface area contributed by atoms with Crippen molar-refractivity contribution in [3.05, 3.63) is 251 Å². The van der Waals surface area contributed by atoms with Gasteiger partial charge in [-0.2, -0.15) is 0 Å². The Balaban J connectivity index is 1.10. The summed E-state index contributed by atoms with van der Waals surface area (Å²) in [7, 11) is 1.49. The third-order valence-corrected chi connectivity index (χ3v) is 12.8. The van der Waals surface area contributed by atoms with Crippen LogP contribution in [-0.4, -0.2) is 106 Å². The Bertz CT molecular complexity index is 2920. The van der Waals surface area contributed by atoms with E-state index in [0.29, 0.717) is 0 Å². The normalized spacial score (nSPS) is 23.0. The van der Waals surface area contributed by atoms with Gasteiger partial charge in [0.2, 0.25) is 0 Å². The monoisotopic (exact) mass is 1040 g/mol. The summed E-state index contributed by atoms with van der Waals surface area (Å²) in [6.45, 7) is -0.437. The van der Waals surface area contributed by atoms with Crippen LogP contribution < -0.4 is 0 Å². The van der Waals surface area contributed by atoms with Crippen molar-refractivity contribution in [1.29, 1.82) is 0 Å². The van der Waals surface area contributed by atoms with Gasteiger partial charge in [-0.25, -0.2) is 19.2 Å². The van der Waals surface area contributed by atoms with E-state index in [1.54, 1.807) is 121 Å². The van der Waals surface area contributed by atoms with E-state index in [1.165, 1.54) is 7.11 Å². The number of rotatable bonds is 22. The van der Waals surface area contributed by atoms with Crippen LogP contribution in [0.5, 0.6) is 0 Å². The molecule has 77 heavy (non-hydrogen) atoms. The van der Waals surface area contributed by atoms with E-state index in [1.807, 2.05) is 91.0 Å². The van der Waals surface area contributed by atoms with Crippen molar-refractivity contribution in [2.45, 2.75) is 81.2 Å². The third kappa shape index (κ3) is 14.5. The maximum absolute atomic E-state index is 14.3. The average molecular weight is 1040 g/mol. The molecule has 0 amide bonds. The summed E-state index contributed by atoms with van der Waals surface area (Å²) < 4.78 is 71.3. The highest BCUT2D eigenvalue weighted by molar-refractivity contribution is 5.91. The number of carbonyl (C=O) groups is 4. The smallest absolute Gasteiger partial charge is 0.338 e.